The molecular weight excluding hydrogens is 312 g/mol. The molecule has 0 aromatic heterocycles. The Morgan fingerprint density at radius 2 is 1.96 bits per heavy atom. The molecule has 23 heavy (non-hydrogen) atoms. The van der Waals surface area contributed by atoms with Crippen molar-refractivity contribution in [3.05, 3.63) is 29.8 Å². The van der Waals surface area contributed by atoms with Crippen LogP contribution < -0.4 is 15.4 Å². The molecule has 1 aliphatic rings. The van der Waals surface area contributed by atoms with Gasteiger partial charge in [-0.05, 0) is 55.3 Å². The van der Waals surface area contributed by atoms with Gasteiger partial charge in [-0.1, -0.05) is 26.0 Å². The van der Waals surface area contributed by atoms with E-state index >= 15 is 0 Å². The maximum absolute atomic E-state index is 11.6. The van der Waals surface area contributed by atoms with Crippen LogP contribution in [0.5, 0.6) is 5.75 Å². The van der Waals surface area contributed by atoms with E-state index in [1.807, 2.05) is 12.1 Å². The van der Waals surface area contributed by atoms with Crippen LogP contribution in [0.2, 0.25) is 0 Å². The summed E-state index contributed by atoms with van der Waals surface area (Å²) < 4.78 is 5.66. The minimum atomic E-state index is 0. The Bertz CT molecular complexity index is 459. The van der Waals surface area contributed by atoms with E-state index in [4.69, 9.17) is 4.74 Å². The second-order valence-corrected chi connectivity index (χ2v) is 6.52. The van der Waals surface area contributed by atoms with Crippen LogP contribution in [-0.4, -0.2) is 32.1 Å². The summed E-state index contributed by atoms with van der Waals surface area (Å²) in [6, 6.07) is 8.12. The molecule has 1 fully saturated rings. The zero-order chi connectivity index (χ0) is 15.8. The number of hydrogen-bond donors (Lipinski definition) is 2. The van der Waals surface area contributed by atoms with Crippen LogP contribution in [0.15, 0.2) is 24.3 Å². The summed E-state index contributed by atoms with van der Waals surface area (Å²) >= 11 is 0. The SMILES string of the molecule is CC(C)COc1ccc(CCNC(=O)CNCC2CC2)cc1.Cl. The maximum Gasteiger partial charge on any atom is 0.233 e. The van der Waals surface area contributed by atoms with Crippen molar-refractivity contribution in [3.8, 4) is 5.75 Å². The molecule has 2 rings (SSSR count). The van der Waals surface area contributed by atoms with Crippen LogP contribution in [0.3, 0.4) is 0 Å². The highest BCUT2D eigenvalue weighted by atomic mass is 35.5. The average Bonchev–Trinajstić information content (AvgIpc) is 3.30. The highest BCUT2D eigenvalue weighted by Crippen LogP contribution is 2.27. The Labute approximate surface area is 145 Å². The van der Waals surface area contributed by atoms with E-state index in [9.17, 15) is 4.79 Å². The molecule has 0 spiro atoms. The smallest absolute Gasteiger partial charge is 0.233 e. The lowest BCUT2D eigenvalue weighted by molar-refractivity contribution is -0.120. The molecular formula is C18H29ClN2O2. The van der Waals surface area contributed by atoms with Crippen molar-refractivity contribution in [1.82, 2.24) is 10.6 Å². The van der Waals surface area contributed by atoms with Gasteiger partial charge in [-0.3, -0.25) is 4.79 Å². The minimum Gasteiger partial charge on any atom is -0.493 e. The van der Waals surface area contributed by atoms with Crippen molar-refractivity contribution in [1.29, 1.82) is 0 Å². The molecule has 130 valence electrons. The number of hydrogen-bond acceptors (Lipinski definition) is 3. The molecule has 0 saturated heterocycles. The third-order valence-corrected chi connectivity index (χ3v) is 3.66. The van der Waals surface area contributed by atoms with Crippen LogP contribution in [0.25, 0.3) is 0 Å². The molecule has 1 aromatic rings. The number of rotatable bonds is 10. The number of amides is 1. The van der Waals surface area contributed by atoms with E-state index < -0.39 is 0 Å². The summed E-state index contributed by atoms with van der Waals surface area (Å²) in [6.07, 6.45) is 3.47. The van der Waals surface area contributed by atoms with Gasteiger partial charge in [-0.25, -0.2) is 0 Å². The second-order valence-electron chi connectivity index (χ2n) is 6.52. The highest BCUT2D eigenvalue weighted by Gasteiger charge is 2.20. The normalized spacial score (nSPS) is 13.5. The number of halogens is 1. The molecule has 0 bridgehead atoms. The molecule has 0 heterocycles. The molecule has 1 amide bonds. The second kappa shape index (κ2) is 10.5. The molecule has 2 N–H and O–H groups in total. The van der Waals surface area contributed by atoms with Crippen LogP contribution in [-0.2, 0) is 11.2 Å². The van der Waals surface area contributed by atoms with Crippen LogP contribution >= 0.6 is 12.4 Å². The van der Waals surface area contributed by atoms with Crippen molar-refractivity contribution in [2.75, 3.05) is 26.2 Å². The molecule has 1 saturated carbocycles. The van der Waals surface area contributed by atoms with Gasteiger partial charge in [0.25, 0.3) is 0 Å². The summed E-state index contributed by atoms with van der Waals surface area (Å²) in [5.41, 5.74) is 1.21. The molecule has 0 aliphatic heterocycles. The quantitative estimate of drug-likeness (QED) is 0.688. The number of benzene rings is 1. The Morgan fingerprint density at radius 1 is 1.26 bits per heavy atom. The van der Waals surface area contributed by atoms with E-state index in [0.29, 0.717) is 19.0 Å². The van der Waals surface area contributed by atoms with Gasteiger partial charge in [0.2, 0.25) is 5.91 Å². The Kier molecular flexibility index (Phi) is 9.03. The van der Waals surface area contributed by atoms with Crippen LogP contribution in [0, 0.1) is 11.8 Å². The van der Waals surface area contributed by atoms with E-state index in [-0.39, 0.29) is 18.3 Å². The number of carbonyl (C=O) groups is 1. The average molecular weight is 341 g/mol. The monoisotopic (exact) mass is 340 g/mol. The lowest BCUT2D eigenvalue weighted by Gasteiger charge is -2.10. The molecule has 0 radical (unpaired) electrons. The summed E-state index contributed by atoms with van der Waals surface area (Å²) in [7, 11) is 0. The summed E-state index contributed by atoms with van der Waals surface area (Å²) in [4.78, 5) is 11.6. The van der Waals surface area contributed by atoms with Gasteiger partial charge in [0.15, 0.2) is 0 Å². The topological polar surface area (TPSA) is 50.4 Å². The lowest BCUT2D eigenvalue weighted by atomic mass is 10.1. The molecule has 5 heteroatoms. The number of nitrogens with one attached hydrogen (secondary N) is 2. The fraction of sp³-hybridized carbons (Fsp3) is 0.611. The zero-order valence-corrected chi connectivity index (χ0v) is 15.0. The van der Waals surface area contributed by atoms with Gasteiger partial charge in [0, 0.05) is 6.54 Å². The van der Waals surface area contributed by atoms with Gasteiger partial charge in [-0.15, -0.1) is 12.4 Å². The lowest BCUT2D eigenvalue weighted by Crippen LogP contribution is -2.35. The van der Waals surface area contributed by atoms with Gasteiger partial charge >= 0.3 is 0 Å². The Balaban J connectivity index is 0.00000264. The summed E-state index contributed by atoms with van der Waals surface area (Å²) in [6.45, 7) is 7.09. The van der Waals surface area contributed by atoms with Crippen LogP contribution in [0.1, 0.15) is 32.3 Å². The van der Waals surface area contributed by atoms with Gasteiger partial charge in [0.1, 0.15) is 5.75 Å². The summed E-state index contributed by atoms with van der Waals surface area (Å²) in [5.74, 6) is 2.33. The predicted molar refractivity (Wildman–Crippen MR) is 96.3 cm³/mol. The first-order valence-corrected chi connectivity index (χ1v) is 8.32. The molecule has 4 nitrogen and oxygen atoms in total. The van der Waals surface area contributed by atoms with E-state index in [2.05, 4.69) is 36.6 Å². The zero-order valence-electron chi connectivity index (χ0n) is 14.1. The third-order valence-electron chi connectivity index (χ3n) is 3.66. The fourth-order valence-electron chi connectivity index (χ4n) is 2.14. The first-order valence-electron chi connectivity index (χ1n) is 8.32. The standard InChI is InChI=1S/C18H28N2O2.ClH/c1-14(2)13-22-17-7-5-15(6-8-17)9-10-20-18(21)12-19-11-16-3-4-16;/h5-8,14,16,19H,3-4,9-13H2,1-2H3,(H,20,21);1H. The predicted octanol–water partition coefficient (Wildman–Crippen LogP) is 2.80. The minimum absolute atomic E-state index is 0. The van der Waals surface area contributed by atoms with Crippen molar-refractivity contribution in [2.24, 2.45) is 11.8 Å². The fourth-order valence-corrected chi connectivity index (χ4v) is 2.14. The van der Waals surface area contributed by atoms with Crippen molar-refractivity contribution < 1.29 is 9.53 Å². The van der Waals surface area contributed by atoms with Gasteiger partial charge in [-0.2, -0.15) is 0 Å². The maximum atomic E-state index is 11.6. The Hall–Kier alpha value is -1.26. The van der Waals surface area contributed by atoms with E-state index in [1.54, 1.807) is 0 Å². The van der Waals surface area contributed by atoms with Crippen molar-refractivity contribution in [3.63, 3.8) is 0 Å². The number of ether oxygens (including phenoxy) is 1. The third kappa shape index (κ3) is 8.82. The Morgan fingerprint density at radius 3 is 2.57 bits per heavy atom. The first kappa shape index (κ1) is 19.8. The largest absolute Gasteiger partial charge is 0.493 e. The van der Waals surface area contributed by atoms with E-state index in [0.717, 1.165) is 31.2 Å². The first-order chi connectivity index (χ1) is 10.6. The van der Waals surface area contributed by atoms with Crippen LogP contribution in [0.4, 0.5) is 0 Å². The molecule has 1 aliphatic carbocycles. The van der Waals surface area contributed by atoms with Crippen molar-refractivity contribution in [2.45, 2.75) is 33.1 Å². The van der Waals surface area contributed by atoms with Gasteiger partial charge in [0.05, 0.1) is 13.2 Å². The molecule has 1 aromatic carbocycles. The molecule has 0 atom stereocenters. The van der Waals surface area contributed by atoms with E-state index in [1.165, 1.54) is 18.4 Å². The summed E-state index contributed by atoms with van der Waals surface area (Å²) in [5, 5.41) is 6.15. The van der Waals surface area contributed by atoms with Crippen molar-refractivity contribution >= 4 is 18.3 Å². The molecule has 0 unspecified atom stereocenters. The van der Waals surface area contributed by atoms with Gasteiger partial charge < -0.3 is 15.4 Å². The highest BCUT2D eigenvalue weighted by molar-refractivity contribution is 5.85. The number of carbonyl (C=O) groups excluding carboxylic acids is 1.